The molecule has 0 aliphatic heterocycles. The first kappa shape index (κ1) is 14.5. The average molecular weight is 261 g/mol. The predicted octanol–water partition coefficient (Wildman–Crippen LogP) is 3.35. The minimum absolute atomic E-state index is 0.301. The van der Waals surface area contributed by atoms with Gasteiger partial charge in [0.05, 0.1) is 0 Å². The van der Waals surface area contributed by atoms with Gasteiger partial charge in [0, 0.05) is 25.7 Å². The smallest absolute Gasteiger partial charge is 0.0443 e. The number of benzene rings is 1. The zero-order valence-electron chi connectivity index (χ0n) is 12.6. The van der Waals surface area contributed by atoms with Crippen LogP contribution in [0.5, 0.6) is 0 Å². The minimum atomic E-state index is 0.301. The molecule has 1 saturated carbocycles. The van der Waals surface area contributed by atoms with Crippen LogP contribution >= 0.6 is 0 Å². The van der Waals surface area contributed by atoms with E-state index in [2.05, 4.69) is 37.8 Å². The Labute approximate surface area is 117 Å². The van der Waals surface area contributed by atoms with Gasteiger partial charge in [-0.1, -0.05) is 24.1 Å². The second-order valence-electron chi connectivity index (χ2n) is 6.01. The van der Waals surface area contributed by atoms with E-state index in [9.17, 15) is 0 Å². The summed E-state index contributed by atoms with van der Waals surface area (Å²) in [6.07, 6.45) is 4.91. The highest BCUT2D eigenvalue weighted by molar-refractivity contribution is 5.37. The Morgan fingerprint density at radius 1 is 1.16 bits per heavy atom. The summed E-state index contributed by atoms with van der Waals surface area (Å²) in [5, 5.41) is 9.07. The second kappa shape index (κ2) is 6.53. The molecule has 2 nitrogen and oxygen atoms in total. The van der Waals surface area contributed by atoms with E-state index in [1.807, 2.05) is 0 Å². The fourth-order valence-corrected chi connectivity index (χ4v) is 3.08. The van der Waals surface area contributed by atoms with Crippen LogP contribution in [0.1, 0.15) is 47.9 Å². The third kappa shape index (κ3) is 3.58. The first-order chi connectivity index (χ1) is 9.11. The molecule has 2 heteroatoms. The van der Waals surface area contributed by atoms with E-state index in [1.165, 1.54) is 41.5 Å². The van der Waals surface area contributed by atoms with Gasteiger partial charge < -0.3 is 5.11 Å². The Morgan fingerprint density at radius 3 is 2.26 bits per heavy atom. The molecule has 106 valence electrons. The Balaban J connectivity index is 2.11. The van der Waals surface area contributed by atoms with Crippen molar-refractivity contribution >= 4 is 0 Å². The Morgan fingerprint density at radius 2 is 1.79 bits per heavy atom. The largest absolute Gasteiger partial charge is 0.396 e. The molecule has 1 N–H and O–H groups in total. The van der Waals surface area contributed by atoms with Crippen molar-refractivity contribution < 1.29 is 5.11 Å². The molecule has 1 aliphatic rings. The van der Waals surface area contributed by atoms with Gasteiger partial charge in [0.1, 0.15) is 0 Å². The molecule has 1 aliphatic carbocycles. The van der Waals surface area contributed by atoms with Crippen molar-refractivity contribution in [2.24, 2.45) is 0 Å². The van der Waals surface area contributed by atoms with E-state index in [1.54, 1.807) is 0 Å². The van der Waals surface area contributed by atoms with Crippen LogP contribution < -0.4 is 0 Å². The Hall–Kier alpha value is -0.860. The van der Waals surface area contributed by atoms with Crippen LogP contribution in [0, 0.1) is 20.8 Å². The maximum absolute atomic E-state index is 9.07. The summed E-state index contributed by atoms with van der Waals surface area (Å²) in [5.74, 6) is 0. The van der Waals surface area contributed by atoms with Gasteiger partial charge in [0.25, 0.3) is 0 Å². The van der Waals surface area contributed by atoms with Crippen molar-refractivity contribution in [2.45, 2.75) is 59.0 Å². The summed E-state index contributed by atoms with van der Waals surface area (Å²) in [4.78, 5) is 2.57. The molecule has 0 heterocycles. The highest BCUT2D eigenvalue weighted by atomic mass is 16.3. The van der Waals surface area contributed by atoms with Gasteiger partial charge in [0.15, 0.2) is 0 Å². The first-order valence-electron chi connectivity index (χ1n) is 7.53. The van der Waals surface area contributed by atoms with Gasteiger partial charge in [-0.15, -0.1) is 0 Å². The molecule has 0 atom stereocenters. The van der Waals surface area contributed by atoms with Gasteiger partial charge >= 0.3 is 0 Å². The molecule has 0 unspecified atom stereocenters. The monoisotopic (exact) mass is 261 g/mol. The van der Waals surface area contributed by atoms with Crippen molar-refractivity contribution in [3.8, 4) is 0 Å². The van der Waals surface area contributed by atoms with Crippen LogP contribution in [0.25, 0.3) is 0 Å². The minimum Gasteiger partial charge on any atom is -0.396 e. The van der Waals surface area contributed by atoms with Gasteiger partial charge in [-0.25, -0.2) is 0 Å². The third-order valence-electron chi connectivity index (χ3n) is 4.40. The molecule has 0 amide bonds. The Kier molecular flexibility index (Phi) is 5.00. The molecule has 1 fully saturated rings. The molecule has 0 radical (unpaired) electrons. The van der Waals surface area contributed by atoms with Crippen molar-refractivity contribution in [2.75, 3.05) is 13.2 Å². The van der Waals surface area contributed by atoms with Crippen LogP contribution in [0.3, 0.4) is 0 Å². The van der Waals surface area contributed by atoms with Gasteiger partial charge in [0.2, 0.25) is 0 Å². The summed E-state index contributed by atoms with van der Waals surface area (Å²) < 4.78 is 0. The number of hydrogen-bond donors (Lipinski definition) is 1. The fraction of sp³-hybridized carbons (Fsp3) is 0.647. The lowest BCUT2D eigenvalue weighted by Crippen LogP contribution is -2.40. The molecular formula is C17H27NO. The number of rotatable bonds is 6. The number of aryl methyl sites for hydroxylation is 3. The number of nitrogens with zero attached hydrogens (tertiary/aromatic N) is 1. The lowest BCUT2D eigenvalue weighted by atomic mass is 9.90. The SMILES string of the molecule is Cc1cc(C)c(CN(CCCO)C2CCC2)c(C)c1. The average Bonchev–Trinajstić information content (AvgIpc) is 2.27. The summed E-state index contributed by atoms with van der Waals surface area (Å²) in [7, 11) is 0. The van der Waals surface area contributed by atoms with Crippen LogP contribution in [0.15, 0.2) is 12.1 Å². The Bertz CT molecular complexity index is 400. The van der Waals surface area contributed by atoms with Crippen molar-refractivity contribution in [1.29, 1.82) is 0 Å². The quantitative estimate of drug-likeness (QED) is 0.849. The van der Waals surface area contributed by atoms with Crippen LogP contribution in [0.2, 0.25) is 0 Å². The third-order valence-corrected chi connectivity index (χ3v) is 4.40. The molecule has 0 saturated heterocycles. The summed E-state index contributed by atoms with van der Waals surface area (Å²) in [6.45, 7) is 8.98. The lowest BCUT2D eigenvalue weighted by molar-refractivity contribution is 0.109. The molecular weight excluding hydrogens is 234 g/mol. The fourth-order valence-electron chi connectivity index (χ4n) is 3.08. The van der Waals surface area contributed by atoms with E-state index in [-0.39, 0.29) is 0 Å². The number of aliphatic hydroxyl groups excluding tert-OH is 1. The van der Waals surface area contributed by atoms with Crippen LogP contribution in [0.4, 0.5) is 0 Å². The summed E-state index contributed by atoms with van der Waals surface area (Å²) in [6, 6.07) is 5.31. The molecule has 0 aromatic heterocycles. The molecule has 1 aromatic carbocycles. The maximum atomic E-state index is 9.07. The zero-order valence-corrected chi connectivity index (χ0v) is 12.6. The maximum Gasteiger partial charge on any atom is 0.0443 e. The normalized spacial score (nSPS) is 15.8. The molecule has 2 rings (SSSR count). The summed E-state index contributed by atoms with van der Waals surface area (Å²) >= 11 is 0. The van der Waals surface area contributed by atoms with E-state index in [0.717, 1.165) is 25.6 Å². The summed E-state index contributed by atoms with van der Waals surface area (Å²) in [5.41, 5.74) is 5.65. The standard InChI is InChI=1S/C17H27NO/c1-13-10-14(2)17(15(3)11-13)12-18(8-5-9-19)16-6-4-7-16/h10-11,16,19H,4-9,12H2,1-3H3. The molecule has 0 spiro atoms. The van der Waals surface area contributed by atoms with Gasteiger partial charge in [-0.05, 0) is 56.7 Å². The van der Waals surface area contributed by atoms with E-state index in [0.29, 0.717) is 6.61 Å². The highest BCUT2D eigenvalue weighted by Gasteiger charge is 2.25. The molecule has 0 bridgehead atoms. The van der Waals surface area contributed by atoms with Gasteiger partial charge in [-0.3, -0.25) is 4.90 Å². The zero-order chi connectivity index (χ0) is 13.8. The van der Waals surface area contributed by atoms with Gasteiger partial charge in [-0.2, -0.15) is 0 Å². The van der Waals surface area contributed by atoms with Crippen LogP contribution in [-0.2, 0) is 6.54 Å². The number of hydrogen-bond acceptors (Lipinski definition) is 2. The lowest BCUT2D eigenvalue weighted by Gasteiger charge is -2.38. The van der Waals surface area contributed by atoms with E-state index >= 15 is 0 Å². The number of aliphatic hydroxyl groups is 1. The van der Waals surface area contributed by atoms with E-state index < -0.39 is 0 Å². The van der Waals surface area contributed by atoms with Crippen molar-refractivity contribution in [1.82, 2.24) is 4.90 Å². The van der Waals surface area contributed by atoms with E-state index in [4.69, 9.17) is 5.11 Å². The second-order valence-corrected chi connectivity index (χ2v) is 6.01. The van der Waals surface area contributed by atoms with Crippen LogP contribution in [-0.4, -0.2) is 29.2 Å². The molecule has 1 aromatic rings. The predicted molar refractivity (Wildman–Crippen MR) is 80.4 cm³/mol. The van der Waals surface area contributed by atoms with Crippen molar-refractivity contribution in [3.05, 3.63) is 34.4 Å². The van der Waals surface area contributed by atoms with Crippen molar-refractivity contribution in [3.63, 3.8) is 0 Å². The highest BCUT2D eigenvalue weighted by Crippen LogP contribution is 2.28. The topological polar surface area (TPSA) is 23.5 Å². The molecule has 19 heavy (non-hydrogen) atoms. The first-order valence-corrected chi connectivity index (χ1v) is 7.53.